The first-order valence-corrected chi connectivity index (χ1v) is 5.95. The van der Waals surface area contributed by atoms with Gasteiger partial charge in [-0.25, -0.2) is 9.68 Å². The van der Waals surface area contributed by atoms with Gasteiger partial charge >= 0.3 is 0 Å². The Morgan fingerprint density at radius 1 is 0.889 bits per heavy atom. The molecule has 0 aliphatic carbocycles. The normalized spacial score (nSPS) is 10.7. The molecule has 0 bridgehead atoms. The van der Waals surface area contributed by atoms with Gasteiger partial charge in [-0.15, -0.1) is 5.23 Å². The Bertz CT molecular complexity index is 373. The largest absolute Gasteiger partial charge is 0.394 e. The van der Waals surface area contributed by atoms with E-state index >= 15 is 0 Å². The Hall–Kier alpha value is -1.14. The van der Waals surface area contributed by atoms with Crippen molar-refractivity contribution in [2.24, 2.45) is 0 Å². The van der Waals surface area contributed by atoms with Gasteiger partial charge in [-0.05, 0) is 43.5 Å². The van der Waals surface area contributed by atoms with E-state index in [9.17, 15) is 0 Å². The Balaban J connectivity index is 2.92. The Labute approximate surface area is 107 Å². The molecule has 0 unspecified atom stereocenters. The van der Waals surface area contributed by atoms with E-state index in [1.807, 2.05) is 32.9 Å². The summed E-state index contributed by atoms with van der Waals surface area (Å²) in [7, 11) is 0. The highest BCUT2D eigenvalue weighted by atomic mass is 16.9. The monoisotopic (exact) mass is 255 g/mol. The van der Waals surface area contributed by atoms with Crippen LogP contribution in [0.1, 0.15) is 16.7 Å². The molecule has 0 spiro atoms. The average molecular weight is 255 g/mol. The van der Waals surface area contributed by atoms with E-state index in [-0.39, 0.29) is 26.4 Å². The fourth-order valence-electron chi connectivity index (χ4n) is 1.57. The zero-order valence-electron chi connectivity index (χ0n) is 11.1. The Morgan fingerprint density at radius 2 is 1.39 bits per heavy atom. The lowest BCUT2D eigenvalue weighted by molar-refractivity contribution is -0.103. The highest BCUT2D eigenvalue weighted by Crippen LogP contribution is 2.24. The van der Waals surface area contributed by atoms with Crippen LogP contribution in [0.3, 0.4) is 0 Å². The first-order chi connectivity index (χ1) is 8.60. The highest BCUT2D eigenvalue weighted by molar-refractivity contribution is 5.53. The maximum Gasteiger partial charge on any atom is 0.101 e. The molecule has 1 aromatic rings. The minimum absolute atomic E-state index is 0.0944. The molecule has 5 nitrogen and oxygen atoms in total. The van der Waals surface area contributed by atoms with Crippen molar-refractivity contribution in [3.63, 3.8) is 0 Å². The highest BCUT2D eigenvalue weighted by Gasteiger charge is 2.12. The van der Waals surface area contributed by atoms with Crippen LogP contribution in [0.4, 0.5) is 5.69 Å². The van der Waals surface area contributed by atoms with E-state index in [0.717, 1.165) is 16.8 Å². The van der Waals surface area contributed by atoms with Crippen LogP contribution >= 0.6 is 0 Å². The van der Waals surface area contributed by atoms with Crippen LogP contribution in [0.25, 0.3) is 0 Å². The number of nitrogens with zero attached hydrogens (tertiary/aromatic N) is 1. The third kappa shape index (κ3) is 3.96. The van der Waals surface area contributed by atoms with Crippen LogP contribution in [0.15, 0.2) is 12.1 Å². The van der Waals surface area contributed by atoms with Gasteiger partial charge in [0.2, 0.25) is 0 Å². The maximum absolute atomic E-state index is 8.80. The van der Waals surface area contributed by atoms with Gasteiger partial charge < -0.3 is 10.2 Å². The van der Waals surface area contributed by atoms with Gasteiger partial charge in [-0.2, -0.15) is 0 Å². The van der Waals surface area contributed by atoms with Crippen molar-refractivity contribution < 1.29 is 19.9 Å². The SMILES string of the molecule is Cc1cc(C)c(N(OCCO)OCCO)cc1C. The molecule has 0 atom stereocenters. The molecule has 102 valence electrons. The summed E-state index contributed by atoms with van der Waals surface area (Å²) in [6.07, 6.45) is 0. The van der Waals surface area contributed by atoms with Crippen molar-refractivity contribution in [1.82, 2.24) is 0 Å². The zero-order chi connectivity index (χ0) is 13.5. The van der Waals surface area contributed by atoms with Gasteiger partial charge in [-0.3, -0.25) is 0 Å². The third-order valence-electron chi connectivity index (χ3n) is 2.61. The lowest BCUT2D eigenvalue weighted by atomic mass is 10.1. The van der Waals surface area contributed by atoms with Crippen molar-refractivity contribution in [2.75, 3.05) is 31.7 Å². The summed E-state index contributed by atoms with van der Waals surface area (Å²) in [4.78, 5) is 10.6. The topological polar surface area (TPSA) is 62.2 Å². The molecule has 0 aliphatic heterocycles. The second-order valence-corrected chi connectivity index (χ2v) is 4.09. The number of rotatable bonds is 7. The predicted octanol–water partition coefficient (Wildman–Crippen LogP) is 1.27. The first-order valence-electron chi connectivity index (χ1n) is 5.95. The van der Waals surface area contributed by atoms with E-state index in [0.29, 0.717) is 0 Å². The van der Waals surface area contributed by atoms with Crippen LogP contribution in [0.2, 0.25) is 0 Å². The van der Waals surface area contributed by atoms with Crippen LogP contribution in [0, 0.1) is 20.8 Å². The Kier molecular flexibility index (Phi) is 6.07. The van der Waals surface area contributed by atoms with Crippen molar-refractivity contribution in [1.29, 1.82) is 0 Å². The van der Waals surface area contributed by atoms with Crippen LogP contribution in [-0.2, 0) is 9.68 Å². The summed E-state index contributed by atoms with van der Waals surface area (Å²) in [5.41, 5.74) is 4.11. The summed E-state index contributed by atoms with van der Waals surface area (Å²) >= 11 is 0. The Morgan fingerprint density at radius 3 is 1.89 bits per heavy atom. The molecule has 0 heterocycles. The standard InChI is InChI=1S/C13H21NO4/c1-10-8-12(3)13(9-11(10)2)14(17-6-4-15)18-7-5-16/h8-9,15-16H,4-7H2,1-3H3. The van der Waals surface area contributed by atoms with E-state index in [1.165, 1.54) is 10.8 Å². The van der Waals surface area contributed by atoms with Gasteiger partial charge in [0.15, 0.2) is 0 Å². The molecule has 1 rings (SSSR count). The number of aryl methyl sites for hydroxylation is 3. The number of hydrogen-bond acceptors (Lipinski definition) is 5. The minimum Gasteiger partial charge on any atom is -0.394 e. The van der Waals surface area contributed by atoms with Gasteiger partial charge in [0.05, 0.1) is 18.9 Å². The quantitative estimate of drug-likeness (QED) is 0.718. The number of hydrogen-bond donors (Lipinski definition) is 2. The van der Waals surface area contributed by atoms with Crippen LogP contribution in [-0.4, -0.2) is 36.6 Å². The summed E-state index contributed by atoms with van der Waals surface area (Å²) in [5, 5.41) is 18.9. The van der Waals surface area contributed by atoms with E-state index in [1.54, 1.807) is 0 Å². The summed E-state index contributed by atoms with van der Waals surface area (Å²) in [6, 6.07) is 4.00. The molecule has 0 aromatic heterocycles. The fourth-order valence-corrected chi connectivity index (χ4v) is 1.57. The van der Waals surface area contributed by atoms with Crippen molar-refractivity contribution >= 4 is 5.69 Å². The fraction of sp³-hybridized carbons (Fsp3) is 0.538. The van der Waals surface area contributed by atoms with Gasteiger partial charge in [0, 0.05) is 0 Å². The molecular weight excluding hydrogens is 234 g/mol. The number of anilines is 1. The molecule has 18 heavy (non-hydrogen) atoms. The van der Waals surface area contributed by atoms with Gasteiger partial charge in [0.25, 0.3) is 0 Å². The first kappa shape index (κ1) is 14.9. The third-order valence-corrected chi connectivity index (χ3v) is 2.61. The average Bonchev–Trinajstić information content (AvgIpc) is 2.35. The smallest absolute Gasteiger partial charge is 0.101 e. The second-order valence-electron chi connectivity index (χ2n) is 4.09. The van der Waals surface area contributed by atoms with Crippen molar-refractivity contribution in [3.05, 3.63) is 28.8 Å². The molecular formula is C13H21NO4. The summed E-state index contributed by atoms with van der Waals surface area (Å²) in [5.74, 6) is 0. The molecule has 2 N–H and O–H groups in total. The van der Waals surface area contributed by atoms with E-state index in [2.05, 4.69) is 0 Å². The predicted molar refractivity (Wildman–Crippen MR) is 69.2 cm³/mol. The maximum atomic E-state index is 8.80. The lowest BCUT2D eigenvalue weighted by Crippen LogP contribution is -2.27. The van der Waals surface area contributed by atoms with E-state index < -0.39 is 0 Å². The van der Waals surface area contributed by atoms with E-state index in [4.69, 9.17) is 19.9 Å². The molecule has 1 aromatic carbocycles. The zero-order valence-corrected chi connectivity index (χ0v) is 11.1. The van der Waals surface area contributed by atoms with Crippen LogP contribution in [0.5, 0.6) is 0 Å². The van der Waals surface area contributed by atoms with Gasteiger partial charge in [-0.1, -0.05) is 6.07 Å². The minimum atomic E-state index is -0.0944. The molecule has 0 fully saturated rings. The van der Waals surface area contributed by atoms with Crippen molar-refractivity contribution in [2.45, 2.75) is 20.8 Å². The van der Waals surface area contributed by atoms with Crippen molar-refractivity contribution in [3.8, 4) is 0 Å². The summed E-state index contributed by atoms with van der Waals surface area (Å²) < 4.78 is 0. The molecule has 0 saturated heterocycles. The number of benzene rings is 1. The number of aliphatic hydroxyl groups is 2. The van der Waals surface area contributed by atoms with Crippen LogP contribution < -0.4 is 5.23 Å². The second kappa shape index (κ2) is 7.33. The summed E-state index contributed by atoms with van der Waals surface area (Å²) in [6.45, 7) is 6.09. The van der Waals surface area contributed by atoms with Gasteiger partial charge in [0.1, 0.15) is 13.2 Å². The number of aliphatic hydroxyl groups excluding tert-OH is 2. The molecule has 0 radical (unpaired) electrons. The molecule has 0 amide bonds. The molecule has 0 saturated carbocycles. The molecule has 5 heteroatoms. The lowest BCUT2D eigenvalue weighted by Gasteiger charge is -2.24. The molecule has 0 aliphatic rings.